The summed E-state index contributed by atoms with van der Waals surface area (Å²) in [6.07, 6.45) is 1.39. The summed E-state index contributed by atoms with van der Waals surface area (Å²) in [6, 6.07) is 17.4. The van der Waals surface area contributed by atoms with Crippen molar-refractivity contribution in [2.75, 3.05) is 25.0 Å². The van der Waals surface area contributed by atoms with Crippen molar-refractivity contribution in [2.24, 2.45) is 5.92 Å². The third-order valence-electron chi connectivity index (χ3n) is 4.72. The van der Waals surface area contributed by atoms with Gasteiger partial charge in [0.25, 0.3) is 0 Å². The van der Waals surface area contributed by atoms with Crippen molar-refractivity contribution >= 4 is 27.5 Å². The maximum Gasteiger partial charge on any atom is 0.238 e. The second kappa shape index (κ2) is 8.61. The molecule has 132 valence electrons. The highest BCUT2D eigenvalue weighted by Gasteiger charge is 2.26. The summed E-state index contributed by atoms with van der Waals surface area (Å²) in [6.45, 7) is 2.06. The van der Waals surface area contributed by atoms with Crippen LogP contribution in [-0.2, 0) is 4.79 Å². The zero-order chi connectivity index (χ0) is 17.6. The highest BCUT2D eigenvalue weighted by atomic mass is 79.9. The minimum Gasteiger partial charge on any atom is -0.388 e. The van der Waals surface area contributed by atoms with Crippen molar-refractivity contribution in [1.82, 2.24) is 4.90 Å². The lowest BCUT2D eigenvalue weighted by Gasteiger charge is -2.34. The van der Waals surface area contributed by atoms with E-state index in [1.807, 2.05) is 54.6 Å². The number of amides is 1. The number of nitrogens with one attached hydrogen (secondary N) is 1. The predicted molar refractivity (Wildman–Crippen MR) is 103 cm³/mol. The number of halogens is 1. The first-order valence-corrected chi connectivity index (χ1v) is 9.42. The maximum atomic E-state index is 12.2. The number of aliphatic hydroxyl groups is 1. The average Bonchev–Trinajstić information content (AvgIpc) is 2.64. The van der Waals surface area contributed by atoms with E-state index in [1.54, 1.807) is 0 Å². The van der Waals surface area contributed by atoms with E-state index in [0.29, 0.717) is 6.54 Å². The smallest absolute Gasteiger partial charge is 0.238 e. The molecule has 5 heteroatoms. The Kier molecular flexibility index (Phi) is 6.24. The summed E-state index contributed by atoms with van der Waals surface area (Å²) in [4.78, 5) is 14.3. The van der Waals surface area contributed by atoms with Crippen LogP contribution in [0.2, 0.25) is 0 Å². The first kappa shape index (κ1) is 18.1. The van der Waals surface area contributed by atoms with E-state index < -0.39 is 6.10 Å². The first-order chi connectivity index (χ1) is 12.1. The minimum absolute atomic E-state index is 0.00406. The largest absolute Gasteiger partial charge is 0.388 e. The van der Waals surface area contributed by atoms with E-state index in [0.717, 1.165) is 41.7 Å². The molecule has 4 nitrogen and oxygen atoms in total. The van der Waals surface area contributed by atoms with Gasteiger partial charge >= 0.3 is 0 Å². The lowest BCUT2D eigenvalue weighted by atomic mass is 9.87. The summed E-state index contributed by atoms with van der Waals surface area (Å²) in [5.74, 6) is 0.262. The number of anilines is 1. The van der Waals surface area contributed by atoms with E-state index in [1.165, 1.54) is 0 Å². The SMILES string of the molecule is O=C(CN1CCC(C(O)c2ccccc2)CC1)Nc1ccc(Br)cc1. The van der Waals surface area contributed by atoms with Gasteiger partial charge < -0.3 is 10.4 Å². The molecule has 0 aromatic heterocycles. The normalized spacial score (nSPS) is 17.2. The van der Waals surface area contributed by atoms with E-state index >= 15 is 0 Å². The Labute approximate surface area is 157 Å². The molecule has 2 aromatic carbocycles. The predicted octanol–water partition coefficient (Wildman–Crippen LogP) is 3.83. The van der Waals surface area contributed by atoms with Gasteiger partial charge in [-0.05, 0) is 61.7 Å². The van der Waals surface area contributed by atoms with Gasteiger partial charge in [-0.15, -0.1) is 0 Å². The number of benzene rings is 2. The van der Waals surface area contributed by atoms with Crippen LogP contribution in [-0.4, -0.2) is 35.5 Å². The minimum atomic E-state index is -0.417. The number of carbonyl (C=O) groups is 1. The standard InChI is InChI=1S/C20H23BrN2O2/c21-17-6-8-18(9-7-17)22-19(24)14-23-12-10-16(11-13-23)20(25)15-4-2-1-3-5-15/h1-9,16,20,25H,10-14H2,(H,22,24). The lowest BCUT2D eigenvalue weighted by Crippen LogP contribution is -2.40. The van der Waals surface area contributed by atoms with Crippen LogP contribution in [0.15, 0.2) is 59.1 Å². The van der Waals surface area contributed by atoms with Gasteiger partial charge in [0, 0.05) is 10.2 Å². The van der Waals surface area contributed by atoms with Gasteiger partial charge in [0.1, 0.15) is 0 Å². The summed E-state index contributed by atoms with van der Waals surface area (Å²) in [5.41, 5.74) is 1.79. The van der Waals surface area contributed by atoms with Gasteiger partial charge in [0.05, 0.1) is 12.6 Å². The number of nitrogens with zero attached hydrogens (tertiary/aromatic N) is 1. The molecular weight excluding hydrogens is 380 g/mol. The summed E-state index contributed by atoms with van der Waals surface area (Å²) in [5, 5.41) is 13.5. The molecule has 2 aromatic rings. The summed E-state index contributed by atoms with van der Waals surface area (Å²) >= 11 is 3.38. The maximum absolute atomic E-state index is 12.2. The molecule has 1 atom stereocenters. The number of aliphatic hydroxyl groups excluding tert-OH is 1. The van der Waals surface area contributed by atoms with Crippen LogP contribution in [0.5, 0.6) is 0 Å². The zero-order valence-electron chi connectivity index (χ0n) is 14.1. The van der Waals surface area contributed by atoms with Gasteiger partial charge in [-0.2, -0.15) is 0 Å². The number of rotatable bonds is 5. The number of hydrogen-bond donors (Lipinski definition) is 2. The monoisotopic (exact) mass is 402 g/mol. The molecule has 0 aliphatic carbocycles. The van der Waals surface area contributed by atoms with Crippen LogP contribution in [0.4, 0.5) is 5.69 Å². The fourth-order valence-corrected chi connectivity index (χ4v) is 3.55. The molecule has 25 heavy (non-hydrogen) atoms. The van der Waals surface area contributed by atoms with Crippen LogP contribution in [0, 0.1) is 5.92 Å². The second-order valence-electron chi connectivity index (χ2n) is 6.52. The van der Waals surface area contributed by atoms with Crippen LogP contribution in [0.1, 0.15) is 24.5 Å². The van der Waals surface area contributed by atoms with Gasteiger partial charge in [0.15, 0.2) is 0 Å². The van der Waals surface area contributed by atoms with Crippen molar-refractivity contribution in [3.8, 4) is 0 Å². The van der Waals surface area contributed by atoms with E-state index in [4.69, 9.17) is 0 Å². The van der Waals surface area contributed by atoms with Crippen LogP contribution in [0.3, 0.4) is 0 Å². The first-order valence-electron chi connectivity index (χ1n) is 8.62. The molecule has 2 N–H and O–H groups in total. The van der Waals surface area contributed by atoms with Gasteiger partial charge in [0.2, 0.25) is 5.91 Å². The quantitative estimate of drug-likeness (QED) is 0.798. The van der Waals surface area contributed by atoms with Crippen molar-refractivity contribution in [3.63, 3.8) is 0 Å². The number of piperidine rings is 1. The second-order valence-corrected chi connectivity index (χ2v) is 7.44. The highest BCUT2D eigenvalue weighted by molar-refractivity contribution is 9.10. The molecule has 1 aliphatic heterocycles. The van der Waals surface area contributed by atoms with Crippen LogP contribution < -0.4 is 5.32 Å². The molecule has 1 saturated heterocycles. The van der Waals surface area contributed by atoms with Crippen LogP contribution >= 0.6 is 15.9 Å². The van der Waals surface area contributed by atoms with E-state index in [2.05, 4.69) is 26.1 Å². The number of carbonyl (C=O) groups excluding carboxylic acids is 1. The molecule has 1 heterocycles. The van der Waals surface area contributed by atoms with E-state index in [9.17, 15) is 9.90 Å². The fourth-order valence-electron chi connectivity index (χ4n) is 3.29. The molecule has 3 rings (SSSR count). The fraction of sp³-hybridized carbons (Fsp3) is 0.350. The van der Waals surface area contributed by atoms with Crippen LogP contribution in [0.25, 0.3) is 0 Å². The topological polar surface area (TPSA) is 52.6 Å². The number of likely N-dealkylation sites (tertiary alicyclic amines) is 1. The molecule has 1 unspecified atom stereocenters. The van der Waals surface area contributed by atoms with Gasteiger partial charge in [-0.3, -0.25) is 9.69 Å². The molecule has 1 amide bonds. The Hall–Kier alpha value is -1.69. The zero-order valence-corrected chi connectivity index (χ0v) is 15.7. The van der Waals surface area contributed by atoms with Crippen molar-refractivity contribution < 1.29 is 9.90 Å². The van der Waals surface area contributed by atoms with Crippen molar-refractivity contribution in [2.45, 2.75) is 18.9 Å². The van der Waals surface area contributed by atoms with E-state index in [-0.39, 0.29) is 11.8 Å². The Morgan fingerprint density at radius 3 is 2.40 bits per heavy atom. The molecule has 0 radical (unpaired) electrons. The molecule has 0 spiro atoms. The van der Waals surface area contributed by atoms with Gasteiger partial charge in [-0.1, -0.05) is 46.3 Å². The lowest BCUT2D eigenvalue weighted by molar-refractivity contribution is -0.117. The molecule has 1 fully saturated rings. The third kappa shape index (κ3) is 5.14. The summed E-state index contributed by atoms with van der Waals surface area (Å²) in [7, 11) is 0. The average molecular weight is 403 g/mol. The van der Waals surface area contributed by atoms with Crippen molar-refractivity contribution in [3.05, 3.63) is 64.6 Å². The Morgan fingerprint density at radius 1 is 1.12 bits per heavy atom. The molecular formula is C20H23BrN2O2. The third-order valence-corrected chi connectivity index (χ3v) is 5.24. The number of hydrogen-bond acceptors (Lipinski definition) is 3. The molecule has 1 aliphatic rings. The van der Waals surface area contributed by atoms with Gasteiger partial charge in [-0.25, -0.2) is 0 Å². The molecule has 0 saturated carbocycles. The van der Waals surface area contributed by atoms with Crippen molar-refractivity contribution in [1.29, 1.82) is 0 Å². The Balaban J connectivity index is 1.46. The summed E-state index contributed by atoms with van der Waals surface area (Å²) < 4.78 is 0.990. The Morgan fingerprint density at radius 2 is 1.76 bits per heavy atom. The highest BCUT2D eigenvalue weighted by Crippen LogP contribution is 2.30. The molecule has 0 bridgehead atoms. The Bertz CT molecular complexity index is 683.